The van der Waals surface area contributed by atoms with Crippen molar-refractivity contribution in [2.45, 2.75) is 44.6 Å². The summed E-state index contributed by atoms with van der Waals surface area (Å²) in [7, 11) is 0. The van der Waals surface area contributed by atoms with Gasteiger partial charge < -0.3 is 30.4 Å². The van der Waals surface area contributed by atoms with E-state index in [0.717, 1.165) is 23.0 Å². The smallest absolute Gasteiger partial charge is 0.410 e. The zero-order valence-electron chi connectivity index (χ0n) is 20.5. The van der Waals surface area contributed by atoms with E-state index in [4.69, 9.17) is 25.6 Å². The molecule has 186 valence electrons. The maximum atomic E-state index is 12.6. The summed E-state index contributed by atoms with van der Waals surface area (Å²) in [6.45, 7) is 8.89. The van der Waals surface area contributed by atoms with Gasteiger partial charge in [-0.1, -0.05) is 0 Å². The lowest BCUT2D eigenvalue weighted by atomic mass is 9.73. The largest absolute Gasteiger partial charge is 0.444 e. The number of hydrogen-bond acceptors (Lipinski definition) is 9. The number of pyridine rings is 1. The van der Waals surface area contributed by atoms with Crippen LogP contribution in [0.2, 0.25) is 0 Å². The Labute approximate surface area is 204 Å². The number of likely N-dealkylation sites (tertiary alicyclic amines) is 1. The minimum absolute atomic E-state index is 0.262. The second-order valence-electron chi connectivity index (χ2n) is 9.84. The van der Waals surface area contributed by atoms with E-state index in [-0.39, 0.29) is 11.9 Å². The molecular weight excluding hydrogens is 448 g/mol. The van der Waals surface area contributed by atoms with E-state index in [1.165, 1.54) is 10.8 Å². The van der Waals surface area contributed by atoms with Gasteiger partial charge in [0.05, 0.1) is 30.9 Å². The summed E-state index contributed by atoms with van der Waals surface area (Å²) < 4.78 is 12.5. The zero-order chi connectivity index (χ0) is 25.2. The van der Waals surface area contributed by atoms with E-state index in [2.05, 4.69) is 16.1 Å². The molecular formula is C24H32N8O3. The Balaban J connectivity index is 1.75. The number of nitrogens with two attached hydrogens (primary N) is 1. The van der Waals surface area contributed by atoms with Crippen LogP contribution in [-0.4, -0.2) is 77.0 Å². The van der Waals surface area contributed by atoms with Gasteiger partial charge in [-0.3, -0.25) is 0 Å². The van der Waals surface area contributed by atoms with E-state index in [1.807, 2.05) is 26.8 Å². The summed E-state index contributed by atoms with van der Waals surface area (Å²) in [5.74, 6) is 0.989. The lowest BCUT2D eigenvalue weighted by Crippen LogP contribution is -2.46. The van der Waals surface area contributed by atoms with Gasteiger partial charge in [-0.15, -0.1) is 0 Å². The third-order valence-electron chi connectivity index (χ3n) is 6.36. The van der Waals surface area contributed by atoms with Gasteiger partial charge in [-0.05, 0) is 51.3 Å². The first-order chi connectivity index (χ1) is 16.7. The Morgan fingerprint density at radius 2 is 1.97 bits per heavy atom. The second kappa shape index (κ2) is 9.54. The van der Waals surface area contributed by atoms with Crippen LogP contribution in [-0.2, 0) is 14.9 Å². The van der Waals surface area contributed by atoms with Crippen molar-refractivity contribution in [3.63, 3.8) is 0 Å². The Bertz CT molecular complexity index is 1180. The summed E-state index contributed by atoms with van der Waals surface area (Å²) in [6.07, 6.45) is 4.76. The van der Waals surface area contributed by atoms with Crippen molar-refractivity contribution in [1.82, 2.24) is 19.7 Å². The summed E-state index contributed by atoms with van der Waals surface area (Å²) in [4.78, 5) is 21.2. The van der Waals surface area contributed by atoms with E-state index < -0.39 is 11.0 Å². The predicted molar refractivity (Wildman–Crippen MR) is 132 cm³/mol. The molecule has 4 heterocycles. The molecule has 3 N–H and O–H groups in total. The molecule has 2 aromatic heterocycles. The second-order valence-corrected chi connectivity index (χ2v) is 9.84. The summed E-state index contributed by atoms with van der Waals surface area (Å²) >= 11 is 0. The average Bonchev–Trinajstić information content (AvgIpc) is 3.27. The van der Waals surface area contributed by atoms with Crippen molar-refractivity contribution in [2.75, 3.05) is 44.3 Å². The van der Waals surface area contributed by atoms with Crippen molar-refractivity contribution >= 4 is 35.0 Å². The number of anilines is 1. The van der Waals surface area contributed by atoms with Crippen LogP contribution < -0.4 is 10.6 Å². The normalized spacial score (nSPS) is 18.9. The number of nitrogens with zero attached hydrogens (tertiary/aromatic N) is 6. The summed E-state index contributed by atoms with van der Waals surface area (Å²) in [5, 5.41) is 23.0. The third kappa shape index (κ3) is 4.93. The number of rotatable bonds is 4. The van der Waals surface area contributed by atoms with E-state index >= 15 is 0 Å². The molecule has 0 radical (unpaired) electrons. The molecule has 0 unspecified atom stereocenters. The van der Waals surface area contributed by atoms with Gasteiger partial charge in [-0.25, -0.2) is 9.78 Å². The molecule has 1 amide bonds. The predicted octanol–water partition coefficient (Wildman–Crippen LogP) is 2.47. The van der Waals surface area contributed by atoms with E-state index in [0.29, 0.717) is 57.9 Å². The topological polar surface area (TPSA) is 146 Å². The summed E-state index contributed by atoms with van der Waals surface area (Å²) in [5.41, 5.74) is 6.10. The molecule has 0 aromatic carbocycles. The molecule has 2 aromatic rings. The molecule has 2 aliphatic rings. The highest BCUT2D eigenvalue weighted by Gasteiger charge is 2.41. The Morgan fingerprint density at radius 1 is 1.29 bits per heavy atom. The summed E-state index contributed by atoms with van der Waals surface area (Å²) in [6, 6.07) is 4.53. The molecule has 0 saturated carbocycles. The molecule has 0 bridgehead atoms. The number of nitriles is 1. The number of carbonyl (C=O) groups is 1. The number of fused-ring (bicyclic) bond motifs is 1. The lowest BCUT2D eigenvalue weighted by Gasteiger charge is -2.38. The minimum Gasteiger partial charge on any atom is -0.444 e. The number of carbonyl (C=O) groups excluding carboxylic acids is 1. The lowest BCUT2D eigenvalue weighted by molar-refractivity contribution is 0.0185. The van der Waals surface area contributed by atoms with Crippen molar-refractivity contribution in [3.8, 4) is 6.07 Å². The van der Waals surface area contributed by atoms with Gasteiger partial charge in [0, 0.05) is 37.8 Å². The fourth-order valence-corrected chi connectivity index (χ4v) is 4.52. The molecule has 11 heteroatoms. The molecule has 0 atom stereocenters. The fraction of sp³-hybridized carbons (Fsp3) is 0.542. The quantitative estimate of drug-likeness (QED) is 0.635. The van der Waals surface area contributed by atoms with Gasteiger partial charge in [0.2, 0.25) is 0 Å². The number of nitrogens with one attached hydrogen (secondary N) is 1. The Kier molecular flexibility index (Phi) is 6.67. The highest BCUT2D eigenvalue weighted by molar-refractivity contribution is 5.87. The number of amides is 1. The number of piperidine rings is 1. The van der Waals surface area contributed by atoms with Crippen LogP contribution in [0.1, 0.15) is 39.2 Å². The molecule has 35 heavy (non-hydrogen) atoms. The average molecular weight is 481 g/mol. The first kappa shape index (κ1) is 24.5. The van der Waals surface area contributed by atoms with Gasteiger partial charge in [-0.2, -0.15) is 15.0 Å². The van der Waals surface area contributed by atoms with Crippen LogP contribution in [0.4, 0.5) is 10.6 Å². The molecule has 2 aliphatic heterocycles. The SMILES string of the molecule is CC(C)(C)OC(=O)N1CCC(C#N)(c2cc(N3CCOCC3)nc3c2cnn3/C(N)=C/C=N)CC1. The van der Waals surface area contributed by atoms with Crippen LogP contribution in [0.5, 0.6) is 0 Å². The van der Waals surface area contributed by atoms with Gasteiger partial charge in [0.1, 0.15) is 17.2 Å². The Hall–Kier alpha value is -3.65. The standard InChI is InChI=1S/C24H32N8O3/c1-23(2,3)35-22(33)31-8-5-24(16-26,6-9-31)18-14-20(30-10-12-34-13-11-30)29-21-17(18)15-28-32(21)19(27)4-7-25/h4,7,14-15,25H,5-6,8-13,27H2,1-3H3/b19-4+,25-7?. The first-order valence-corrected chi connectivity index (χ1v) is 11.8. The Morgan fingerprint density at radius 3 is 2.57 bits per heavy atom. The maximum Gasteiger partial charge on any atom is 0.410 e. The number of allylic oxidation sites excluding steroid dienone is 1. The monoisotopic (exact) mass is 480 g/mol. The molecule has 2 fully saturated rings. The number of hydrogen-bond donors (Lipinski definition) is 2. The number of ether oxygens (including phenoxy) is 2. The molecule has 2 saturated heterocycles. The van der Waals surface area contributed by atoms with E-state index in [1.54, 1.807) is 11.1 Å². The zero-order valence-corrected chi connectivity index (χ0v) is 20.5. The molecule has 4 rings (SSSR count). The van der Waals surface area contributed by atoms with Crippen molar-refractivity contribution in [2.24, 2.45) is 5.73 Å². The van der Waals surface area contributed by atoms with Crippen LogP contribution in [0.15, 0.2) is 18.3 Å². The molecule has 0 spiro atoms. The van der Waals surface area contributed by atoms with Gasteiger partial charge >= 0.3 is 6.09 Å². The van der Waals surface area contributed by atoms with Crippen molar-refractivity contribution in [1.29, 1.82) is 10.7 Å². The van der Waals surface area contributed by atoms with Crippen LogP contribution in [0, 0.1) is 16.7 Å². The maximum absolute atomic E-state index is 12.6. The van der Waals surface area contributed by atoms with Crippen LogP contribution in [0.25, 0.3) is 16.9 Å². The van der Waals surface area contributed by atoms with Crippen molar-refractivity contribution < 1.29 is 14.3 Å². The third-order valence-corrected chi connectivity index (χ3v) is 6.36. The van der Waals surface area contributed by atoms with Crippen molar-refractivity contribution in [3.05, 3.63) is 23.9 Å². The van der Waals surface area contributed by atoms with Crippen LogP contribution >= 0.6 is 0 Å². The van der Waals surface area contributed by atoms with E-state index in [9.17, 15) is 10.1 Å². The molecule has 0 aliphatic carbocycles. The highest BCUT2D eigenvalue weighted by Crippen LogP contribution is 2.40. The fourth-order valence-electron chi connectivity index (χ4n) is 4.52. The first-order valence-electron chi connectivity index (χ1n) is 11.8. The number of aromatic nitrogens is 3. The van der Waals surface area contributed by atoms with Crippen LogP contribution in [0.3, 0.4) is 0 Å². The van der Waals surface area contributed by atoms with Gasteiger partial charge in [0.15, 0.2) is 5.65 Å². The highest BCUT2D eigenvalue weighted by atomic mass is 16.6. The minimum atomic E-state index is -0.825. The van der Waals surface area contributed by atoms with Gasteiger partial charge in [0.25, 0.3) is 0 Å². The number of morpholine rings is 1. The molecule has 11 nitrogen and oxygen atoms in total.